The van der Waals surface area contributed by atoms with Gasteiger partial charge in [-0.15, -0.1) is 0 Å². The molecule has 0 saturated heterocycles. The standard InChI is InChI=1S/C16H25N3O3/c1-12-5-6-13(11-19-12)7-9-17-14(20)8-10-18-15(21)22-16(2,3)4/h5-6,11H,7-10H2,1-4H3,(H,17,20)(H,18,21). The normalized spacial score (nSPS) is 10.9. The van der Waals surface area contributed by atoms with Crippen molar-refractivity contribution in [3.05, 3.63) is 29.6 Å². The zero-order chi connectivity index (χ0) is 16.6. The molecule has 0 saturated carbocycles. The highest BCUT2D eigenvalue weighted by atomic mass is 16.6. The van der Waals surface area contributed by atoms with E-state index in [0.717, 1.165) is 17.7 Å². The lowest BCUT2D eigenvalue weighted by Crippen LogP contribution is -2.35. The third-order valence-corrected chi connectivity index (χ3v) is 2.73. The Labute approximate surface area is 131 Å². The monoisotopic (exact) mass is 307 g/mol. The number of hydrogen-bond acceptors (Lipinski definition) is 4. The molecule has 2 amide bonds. The van der Waals surface area contributed by atoms with Crippen LogP contribution in [-0.2, 0) is 16.0 Å². The maximum Gasteiger partial charge on any atom is 0.407 e. The van der Waals surface area contributed by atoms with Crippen LogP contribution in [0.15, 0.2) is 18.3 Å². The first kappa shape index (κ1) is 17.9. The van der Waals surface area contributed by atoms with E-state index in [-0.39, 0.29) is 18.9 Å². The molecule has 2 N–H and O–H groups in total. The van der Waals surface area contributed by atoms with E-state index in [4.69, 9.17) is 4.74 Å². The van der Waals surface area contributed by atoms with Crippen LogP contribution < -0.4 is 10.6 Å². The number of pyridine rings is 1. The number of carbonyl (C=O) groups excluding carboxylic acids is 2. The Bertz CT molecular complexity index is 492. The minimum absolute atomic E-state index is 0.101. The first-order valence-electron chi connectivity index (χ1n) is 7.41. The number of ether oxygens (including phenoxy) is 1. The van der Waals surface area contributed by atoms with Crippen molar-refractivity contribution in [1.82, 2.24) is 15.6 Å². The number of alkyl carbamates (subject to hydrolysis) is 1. The fourth-order valence-electron chi connectivity index (χ4n) is 1.67. The number of amides is 2. The molecule has 0 atom stereocenters. The lowest BCUT2D eigenvalue weighted by Gasteiger charge is -2.19. The minimum Gasteiger partial charge on any atom is -0.444 e. The van der Waals surface area contributed by atoms with E-state index in [1.165, 1.54) is 0 Å². The highest BCUT2D eigenvalue weighted by Gasteiger charge is 2.15. The van der Waals surface area contributed by atoms with Crippen molar-refractivity contribution in [3.8, 4) is 0 Å². The van der Waals surface area contributed by atoms with Gasteiger partial charge in [-0.1, -0.05) is 6.07 Å². The van der Waals surface area contributed by atoms with Crippen LogP contribution in [0.2, 0.25) is 0 Å². The van der Waals surface area contributed by atoms with Gasteiger partial charge >= 0.3 is 6.09 Å². The summed E-state index contributed by atoms with van der Waals surface area (Å²) >= 11 is 0. The molecule has 0 aliphatic rings. The first-order valence-corrected chi connectivity index (χ1v) is 7.41. The first-order chi connectivity index (χ1) is 10.3. The van der Waals surface area contributed by atoms with Crippen LogP contribution in [-0.4, -0.2) is 35.7 Å². The number of carbonyl (C=O) groups is 2. The van der Waals surface area contributed by atoms with E-state index >= 15 is 0 Å². The molecule has 0 aliphatic heterocycles. The maximum absolute atomic E-state index is 11.6. The molecule has 1 rings (SSSR count). The SMILES string of the molecule is Cc1ccc(CCNC(=O)CCNC(=O)OC(C)(C)C)cn1. The van der Waals surface area contributed by atoms with E-state index in [2.05, 4.69) is 15.6 Å². The van der Waals surface area contributed by atoms with E-state index < -0.39 is 11.7 Å². The second kappa shape index (κ2) is 8.36. The summed E-state index contributed by atoms with van der Waals surface area (Å²) < 4.78 is 5.08. The highest BCUT2D eigenvalue weighted by Crippen LogP contribution is 2.06. The Kier molecular flexibility index (Phi) is 6.82. The van der Waals surface area contributed by atoms with Gasteiger partial charge in [0, 0.05) is 31.4 Å². The third kappa shape index (κ3) is 8.24. The van der Waals surface area contributed by atoms with Gasteiger partial charge in [0.2, 0.25) is 5.91 Å². The Morgan fingerprint density at radius 3 is 2.50 bits per heavy atom. The van der Waals surface area contributed by atoms with Gasteiger partial charge in [-0.2, -0.15) is 0 Å². The number of rotatable bonds is 6. The average Bonchev–Trinajstić information content (AvgIpc) is 2.39. The molecule has 1 heterocycles. The van der Waals surface area contributed by atoms with Crippen molar-refractivity contribution in [2.75, 3.05) is 13.1 Å². The molecule has 0 fully saturated rings. The maximum atomic E-state index is 11.6. The van der Waals surface area contributed by atoms with E-state index in [0.29, 0.717) is 6.54 Å². The van der Waals surface area contributed by atoms with Crippen molar-refractivity contribution < 1.29 is 14.3 Å². The van der Waals surface area contributed by atoms with Crippen LogP contribution in [0.4, 0.5) is 4.79 Å². The lowest BCUT2D eigenvalue weighted by molar-refractivity contribution is -0.120. The molecule has 0 aliphatic carbocycles. The second-order valence-electron chi connectivity index (χ2n) is 6.09. The summed E-state index contributed by atoms with van der Waals surface area (Å²) in [6.45, 7) is 8.11. The molecule has 6 nitrogen and oxygen atoms in total. The molecule has 0 spiro atoms. The van der Waals surface area contributed by atoms with Crippen LogP contribution in [0.25, 0.3) is 0 Å². The molecule has 0 aromatic carbocycles. The predicted molar refractivity (Wildman–Crippen MR) is 84.5 cm³/mol. The zero-order valence-electron chi connectivity index (χ0n) is 13.7. The van der Waals surface area contributed by atoms with Crippen molar-refractivity contribution in [2.24, 2.45) is 0 Å². The Morgan fingerprint density at radius 2 is 1.91 bits per heavy atom. The van der Waals surface area contributed by atoms with Gasteiger partial charge in [-0.3, -0.25) is 9.78 Å². The molecule has 1 aromatic heterocycles. The smallest absolute Gasteiger partial charge is 0.407 e. The van der Waals surface area contributed by atoms with Crippen molar-refractivity contribution >= 4 is 12.0 Å². The summed E-state index contributed by atoms with van der Waals surface area (Å²) in [6, 6.07) is 3.94. The molecular formula is C16H25N3O3. The third-order valence-electron chi connectivity index (χ3n) is 2.73. The molecule has 22 heavy (non-hydrogen) atoms. The summed E-state index contributed by atoms with van der Waals surface area (Å²) in [5, 5.41) is 5.36. The lowest BCUT2D eigenvalue weighted by atomic mass is 10.2. The quantitative estimate of drug-likeness (QED) is 0.842. The van der Waals surface area contributed by atoms with Gasteiger partial charge in [-0.25, -0.2) is 4.79 Å². The van der Waals surface area contributed by atoms with Gasteiger partial charge < -0.3 is 15.4 Å². The molecule has 1 aromatic rings. The number of nitrogens with zero attached hydrogens (tertiary/aromatic N) is 1. The van der Waals surface area contributed by atoms with Gasteiger partial charge in [0.15, 0.2) is 0 Å². The average molecular weight is 307 g/mol. The Hall–Kier alpha value is -2.11. The van der Waals surface area contributed by atoms with Crippen LogP contribution in [0.3, 0.4) is 0 Å². The molecular weight excluding hydrogens is 282 g/mol. The van der Waals surface area contributed by atoms with Crippen molar-refractivity contribution in [3.63, 3.8) is 0 Å². The van der Waals surface area contributed by atoms with Gasteiger partial charge in [0.25, 0.3) is 0 Å². The topological polar surface area (TPSA) is 80.3 Å². The zero-order valence-corrected chi connectivity index (χ0v) is 13.7. The summed E-state index contributed by atoms with van der Waals surface area (Å²) in [4.78, 5) is 27.2. The van der Waals surface area contributed by atoms with Crippen LogP contribution in [0.1, 0.15) is 38.4 Å². The molecule has 6 heteroatoms. The number of hydrogen-bond donors (Lipinski definition) is 2. The molecule has 122 valence electrons. The van der Waals surface area contributed by atoms with Crippen molar-refractivity contribution in [1.29, 1.82) is 0 Å². The highest BCUT2D eigenvalue weighted by molar-refractivity contribution is 5.77. The Morgan fingerprint density at radius 1 is 1.18 bits per heavy atom. The van der Waals surface area contributed by atoms with Crippen molar-refractivity contribution in [2.45, 2.75) is 46.1 Å². The van der Waals surface area contributed by atoms with Gasteiger partial charge in [-0.05, 0) is 45.7 Å². The number of nitrogens with one attached hydrogen (secondary N) is 2. The number of aryl methyl sites for hydroxylation is 1. The largest absolute Gasteiger partial charge is 0.444 e. The van der Waals surface area contributed by atoms with E-state index in [1.807, 2.05) is 25.3 Å². The summed E-state index contributed by atoms with van der Waals surface area (Å²) in [7, 11) is 0. The fourth-order valence-corrected chi connectivity index (χ4v) is 1.67. The molecule has 0 bridgehead atoms. The number of aromatic nitrogens is 1. The van der Waals surface area contributed by atoms with Gasteiger partial charge in [0.1, 0.15) is 5.60 Å². The molecule has 0 radical (unpaired) electrons. The summed E-state index contributed by atoms with van der Waals surface area (Å²) in [5.74, 6) is -0.101. The second-order valence-corrected chi connectivity index (χ2v) is 6.09. The van der Waals surface area contributed by atoms with Crippen LogP contribution in [0, 0.1) is 6.92 Å². The van der Waals surface area contributed by atoms with Crippen LogP contribution in [0.5, 0.6) is 0 Å². The fraction of sp³-hybridized carbons (Fsp3) is 0.562. The molecule has 0 unspecified atom stereocenters. The van der Waals surface area contributed by atoms with E-state index in [9.17, 15) is 9.59 Å². The predicted octanol–water partition coefficient (Wildman–Crippen LogP) is 1.96. The minimum atomic E-state index is -0.533. The van der Waals surface area contributed by atoms with E-state index in [1.54, 1.807) is 20.8 Å². The Balaban J connectivity index is 2.13. The van der Waals surface area contributed by atoms with Gasteiger partial charge in [0.05, 0.1) is 0 Å². The summed E-state index contributed by atoms with van der Waals surface area (Å²) in [6.07, 6.45) is 2.26. The summed E-state index contributed by atoms with van der Waals surface area (Å²) in [5.41, 5.74) is 1.52. The van der Waals surface area contributed by atoms with Crippen LogP contribution >= 0.6 is 0 Å².